The Balaban J connectivity index is 1.57. The van der Waals surface area contributed by atoms with Crippen LogP contribution in [0.3, 0.4) is 0 Å². The van der Waals surface area contributed by atoms with Crippen molar-refractivity contribution >= 4 is 23.1 Å². The number of carbonyl (C=O) groups is 2. The second-order valence-corrected chi connectivity index (χ2v) is 9.06. The van der Waals surface area contributed by atoms with Crippen LogP contribution in [0.4, 0.5) is 10.1 Å². The summed E-state index contributed by atoms with van der Waals surface area (Å²) in [6.45, 7) is 4.93. The molecular weight excluding hydrogens is 427 g/mol. The van der Waals surface area contributed by atoms with Crippen LogP contribution in [-0.4, -0.2) is 29.8 Å². The second-order valence-electron chi connectivity index (χ2n) is 9.06. The Kier molecular flexibility index (Phi) is 5.78. The largest absolute Gasteiger partial charge is 0.336 e. The minimum atomic E-state index is -0.304. The zero-order chi connectivity index (χ0) is 23.8. The third-order valence-electron chi connectivity index (χ3n) is 6.71. The van der Waals surface area contributed by atoms with Gasteiger partial charge in [-0.1, -0.05) is 54.1 Å². The van der Waals surface area contributed by atoms with Gasteiger partial charge in [-0.2, -0.15) is 0 Å². The molecule has 2 heterocycles. The predicted octanol–water partition coefficient (Wildman–Crippen LogP) is 5.22. The minimum Gasteiger partial charge on any atom is -0.336 e. The molecular formula is C29H27FN2O2. The second kappa shape index (κ2) is 8.90. The van der Waals surface area contributed by atoms with Crippen molar-refractivity contribution in [2.75, 3.05) is 18.0 Å². The molecule has 3 aromatic rings. The van der Waals surface area contributed by atoms with Crippen molar-refractivity contribution in [3.05, 3.63) is 106 Å². The molecule has 0 fully saturated rings. The van der Waals surface area contributed by atoms with Crippen LogP contribution in [0.25, 0.3) is 5.57 Å². The lowest BCUT2D eigenvalue weighted by Crippen LogP contribution is -2.38. The van der Waals surface area contributed by atoms with Gasteiger partial charge in [0.05, 0.1) is 5.57 Å². The summed E-state index contributed by atoms with van der Waals surface area (Å²) in [4.78, 5) is 30.9. The lowest BCUT2D eigenvalue weighted by Gasteiger charge is -2.32. The average molecular weight is 455 g/mol. The third kappa shape index (κ3) is 3.92. The number of halogens is 1. The molecule has 0 aliphatic carbocycles. The first kappa shape index (κ1) is 22.1. The molecule has 0 bridgehead atoms. The number of amides is 2. The van der Waals surface area contributed by atoms with E-state index in [4.69, 9.17) is 0 Å². The molecule has 0 spiro atoms. The fraction of sp³-hybridized carbons (Fsp3) is 0.241. The Bertz CT molecular complexity index is 1310. The van der Waals surface area contributed by atoms with Crippen LogP contribution in [0.1, 0.15) is 34.2 Å². The first-order chi connectivity index (χ1) is 16.4. The van der Waals surface area contributed by atoms with Crippen molar-refractivity contribution in [3.63, 3.8) is 0 Å². The Morgan fingerprint density at radius 3 is 2.44 bits per heavy atom. The molecule has 2 aliphatic heterocycles. The summed E-state index contributed by atoms with van der Waals surface area (Å²) >= 11 is 0. The van der Waals surface area contributed by atoms with Gasteiger partial charge < -0.3 is 4.90 Å². The van der Waals surface area contributed by atoms with Crippen LogP contribution < -0.4 is 4.90 Å². The standard InChI is InChI=1S/C29H27FN2O2/c1-19-9-14-24(20(2)18-19)26-27(31-16-5-7-22-6-3-4-8-25(22)31)29(34)32(28(26)33)17-15-21-10-12-23(30)13-11-21/h3-4,6,8-14,18H,5,7,15-17H2,1-2H3. The van der Waals surface area contributed by atoms with Crippen molar-refractivity contribution in [2.45, 2.75) is 33.1 Å². The van der Waals surface area contributed by atoms with E-state index in [-0.39, 0.29) is 24.2 Å². The molecule has 0 radical (unpaired) electrons. The molecule has 4 nitrogen and oxygen atoms in total. The maximum absolute atomic E-state index is 13.8. The van der Waals surface area contributed by atoms with E-state index in [0.29, 0.717) is 24.2 Å². The van der Waals surface area contributed by atoms with Crippen LogP contribution in [0.15, 0.2) is 72.4 Å². The molecule has 0 atom stereocenters. The molecule has 0 unspecified atom stereocenters. The number of rotatable bonds is 5. The number of nitrogens with zero attached hydrogens (tertiary/aromatic N) is 2. The zero-order valence-electron chi connectivity index (χ0n) is 19.5. The number of para-hydroxylation sites is 1. The summed E-state index contributed by atoms with van der Waals surface area (Å²) in [6, 6.07) is 20.3. The molecule has 5 heteroatoms. The molecule has 3 aromatic carbocycles. The first-order valence-electron chi connectivity index (χ1n) is 11.7. The quantitative estimate of drug-likeness (QED) is 0.497. The summed E-state index contributed by atoms with van der Waals surface area (Å²) in [6.07, 6.45) is 2.34. The zero-order valence-corrected chi connectivity index (χ0v) is 19.5. The minimum absolute atomic E-state index is 0.247. The van der Waals surface area contributed by atoms with Crippen LogP contribution in [0.2, 0.25) is 0 Å². The van der Waals surface area contributed by atoms with Crippen LogP contribution in [-0.2, 0) is 22.4 Å². The predicted molar refractivity (Wildman–Crippen MR) is 132 cm³/mol. The number of hydrogen-bond donors (Lipinski definition) is 0. The molecule has 5 rings (SSSR count). The van der Waals surface area contributed by atoms with E-state index in [9.17, 15) is 14.0 Å². The molecule has 34 heavy (non-hydrogen) atoms. The Labute approximate surface area is 199 Å². The van der Waals surface area contributed by atoms with Gasteiger partial charge in [-0.05, 0) is 73.6 Å². The molecule has 0 saturated carbocycles. The van der Waals surface area contributed by atoms with Crippen molar-refractivity contribution in [1.82, 2.24) is 4.90 Å². The van der Waals surface area contributed by atoms with Gasteiger partial charge in [-0.15, -0.1) is 0 Å². The van der Waals surface area contributed by atoms with E-state index in [1.165, 1.54) is 22.6 Å². The molecule has 0 aromatic heterocycles. The highest BCUT2D eigenvalue weighted by Crippen LogP contribution is 2.38. The summed E-state index contributed by atoms with van der Waals surface area (Å²) in [5, 5.41) is 0. The van der Waals surface area contributed by atoms with Gasteiger partial charge >= 0.3 is 0 Å². The SMILES string of the molecule is Cc1ccc(C2=C(N3CCCc4ccccc43)C(=O)N(CCc3ccc(F)cc3)C2=O)c(C)c1. The number of carbonyl (C=O) groups excluding carboxylic acids is 2. The third-order valence-corrected chi connectivity index (χ3v) is 6.71. The van der Waals surface area contributed by atoms with E-state index in [1.54, 1.807) is 12.1 Å². The Morgan fingerprint density at radius 2 is 1.68 bits per heavy atom. The lowest BCUT2D eigenvalue weighted by molar-refractivity contribution is -0.136. The average Bonchev–Trinajstić information content (AvgIpc) is 3.07. The van der Waals surface area contributed by atoms with Gasteiger partial charge in [0.2, 0.25) is 0 Å². The smallest absolute Gasteiger partial charge is 0.278 e. The number of hydrogen-bond acceptors (Lipinski definition) is 3. The molecule has 172 valence electrons. The van der Waals surface area contributed by atoms with Gasteiger partial charge in [0, 0.05) is 18.8 Å². The highest BCUT2D eigenvalue weighted by Gasteiger charge is 2.42. The van der Waals surface area contributed by atoms with Gasteiger partial charge in [0.15, 0.2) is 0 Å². The van der Waals surface area contributed by atoms with Gasteiger partial charge in [-0.3, -0.25) is 14.5 Å². The van der Waals surface area contributed by atoms with Crippen molar-refractivity contribution in [2.24, 2.45) is 0 Å². The van der Waals surface area contributed by atoms with Gasteiger partial charge in [0.1, 0.15) is 11.5 Å². The number of imide groups is 1. The van der Waals surface area contributed by atoms with Crippen LogP contribution in [0, 0.1) is 19.7 Å². The van der Waals surface area contributed by atoms with Crippen molar-refractivity contribution < 1.29 is 14.0 Å². The summed E-state index contributed by atoms with van der Waals surface area (Å²) < 4.78 is 13.3. The van der Waals surface area contributed by atoms with E-state index < -0.39 is 0 Å². The fourth-order valence-electron chi connectivity index (χ4n) is 5.01. The number of aryl methyl sites for hydroxylation is 3. The lowest BCUT2D eigenvalue weighted by atomic mass is 9.95. The van der Waals surface area contributed by atoms with E-state index in [1.807, 2.05) is 55.1 Å². The van der Waals surface area contributed by atoms with Crippen molar-refractivity contribution in [3.8, 4) is 0 Å². The molecule has 0 N–H and O–H groups in total. The first-order valence-corrected chi connectivity index (χ1v) is 11.7. The topological polar surface area (TPSA) is 40.6 Å². The number of fused-ring (bicyclic) bond motifs is 1. The highest BCUT2D eigenvalue weighted by atomic mass is 19.1. The molecule has 2 amide bonds. The van der Waals surface area contributed by atoms with Gasteiger partial charge in [0.25, 0.3) is 11.8 Å². The monoisotopic (exact) mass is 454 g/mol. The maximum Gasteiger partial charge on any atom is 0.278 e. The highest BCUT2D eigenvalue weighted by molar-refractivity contribution is 6.37. The number of anilines is 1. The Morgan fingerprint density at radius 1 is 0.912 bits per heavy atom. The van der Waals surface area contributed by atoms with Crippen LogP contribution in [0.5, 0.6) is 0 Å². The normalized spacial score (nSPS) is 15.9. The van der Waals surface area contributed by atoms with Crippen LogP contribution >= 0.6 is 0 Å². The maximum atomic E-state index is 13.8. The number of benzene rings is 3. The Hall–Kier alpha value is -3.73. The summed E-state index contributed by atoms with van der Waals surface area (Å²) in [5.41, 5.74) is 6.87. The van der Waals surface area contributed by atoms with E-state index >= 15 is 0 Å². The fourth-order valence-corrected chi connectivity index (χ4v) is 5.01. The van der Waals surface area contributed by atoms with Gasteiger partial charge in [-0.25, -0.2) is 4.39 Å². The summed E-state index contributed by atoms with van der Waals surface area (Å²) in [5.74, 6) is -0.835. The van der Waals surface area contributed by atoms with E-state index in [2.05, 4.69) is 6.07 Å². The molecule has 2 aliphatic rings. The summed E-state index contributed by atoms with van der Waals surface area (Å²) in [7, 11) is 0. The van der Waals surface area contributed by atoms with E-state index in [0.717, 1.165) is 40.8 Å². The van der Waals surface area contributed by atoms with Crippen molar-refractivity contribution in [1.29, 1.82) is 0 Å². The molecule has 0 saturated heterocycles.